The number of carboxylic acids is 1. The van der Waals surface area contributed by atoms with Gasteiger partial charge in [0.15, 0.2) is 25.0 Å². The molecule has 2 aromatic heterocycles. The van der Waals surface area contributed by atoms with Crippen molar-refractivity contribution in [2.75, 3.05) is 19.8 Å². The zero-order valence-electron chi connectivity index (χ0n) is 52.6. The highest BCUT2D eigenvalue weighted by molar-refractivity contribution is 5.82. The monoisotopic (exact) mass is 1340 g/mol. The Morgan fingerprint density at radius 2 is 1.16 bits per heavy atom. The van der Waals surface area contributed by atoms with Crippen LogP contribution in [-0.2, 0) is 79.8 Å². The second-order valence-corrected chi connectivity index (χ2v) is 24.8. The van der Waals surface area contributed by atoms with Gasteiger partial charge in [0.25, 0.3) is 0 Å². The molecule has 2 saturated carbocycles. The summed E-state index contributed by atoms with van der Waals surface area (Å²) in [4.78, 5) is 93.2. The largest absolute Gasteiger partial charge is 0.479 e. The lowest BCUT2D eigenvalue weighted by molar-refractivity contribution is -0.335. The number of aliphatic carboxylic acids is 1. The molecule has 24 atom stereocenters. The number of rotatable bonds is 27. The average Bonchev–Trinajstić information content (AvgIpc) is 0.790. The van der Waals surface area contributed by atoms with Gasteiger partial charge in [-0.25, -0.2) is 14.4 Å². The molecule has 95 heavy (non-hydrogen) atoms. The van der Waals surface area contributed by atoms with Crippen molar-refractivity contribution in [2.45, 2.75) is 227 Å². The molecule has 0 radical (unpaired) electrons. The Kier molecular flexibility index (Phi) is 25.2. The van der Waals surface area contributed by atoms with Gasteiger partial charge in [0.2, 0.25) is 17.7 Å². The maximum Gasteiger partial charge on any atom is 0.341 e. The van der Waals surface area contributed by atoms with Gasteiger partial charge in [0.1, 0.15) is 96.2 Å². The maximum atomic E-state index is 14.6. The Bertz CT molecular complexity index is 3390. The van der Waals surface area contributed by atoms with E-state index in [9.17, 15) is 84.6 Å². The van der Waals surface area contributed by atoms with Gasteiger partial charge in [0.05, 0.1) is 68.0 Å². The van der Waals surface area contributed by atoms with Crippen LogP contribution in [0.4, 0.5) is 0 Å². The van der Waals surface area contributed by atoms with Crippen LogP contribution in [0.2, 0.25) is 0 Å². The molecule has 0 spiro atoms. The number of nitrogens with one attached hydrogen (secondary N) is 3. The summed E-state index contributed by atoms with van der Waals surface area (Å²) >= 11 is 0. The van der Waals surface area contributed by atoms with Gasteiger partial charge in [0, 0.05) is 49.4 Å². The first-order chi connectivity index (χ1) is 45.4. The third kappa shape index (κ3) is 17.5. The third-order valence-corrected chi connectivity index (χ3v) is 17.9. The van der Waals surface area contributed by atoms with Crippen LogP contribution in [-0.4, -0.2) is 235 Å². The van der Waals surface area contributed by atoms with Crippen molar-refractivity contribution >= 4 is 51.4 Å². The Hall–Kier alpha value is -6.31. The first kappa shape index (κ1) is 72.9. The van der Waals surface area contributed by atoms with Crippen molar-refractivity contribution in [2.24, 2.45) is 11.8 Å². The lowest BCUT2D eigenvalue weighted by atomic mass is 9.78. The molecule has 0 bridgehead atoms. The lowest BCUT2D eigenvalue weighted by Crippen LogP contribution is -2.68. The molecule has 5 aliphatic rings. The zero-order chi connectivity index (χ0) is 68.5. The van der Waals surface area contributed by atoms with Crippen LogP contribution in [0.25, 0.3) is 21.9 Å². The summed E-state index contributed by atoms with van der Waals surface area (Å²) in [5.41, 5.74) is -0.731. The van der Waals surface area contributed by atoms with E-state index in [1.807, 2.05) is 0 Å². The molecule has 2 aromatic carbocycles. The minimum absolute atomic E-state index is 0.00786. The zero-order valence-corrected chi connectivity index (χ0v) is 52.6. The van der Waals surface area contributed by atoms with Crippen molar-refractivity contribution in [3.05, 3.63) is 92.6 Å². The highest BCUT2D eigenvalue weighted by Crippen LogP contribution is 2.38. The van der Waals surface area contributed by atoms with Crippen molar-refractivity contribution in [3.8, 4) is 0 Å². The molecule has 13 N–H and O–H groups in total. The van der Waals surface area contributed by atoms with Crippen LogP contribution in [0, 0.1) is 11.8 Å². The van der Waals surface area contributed by atoms with Crippen LogP contribution < -0.4 is 27.2 Å². The van der Waals surface area contributed by atoms with E-state index in [1.54, 1.807) is 61.5 Å². The van der Waals surface area contributed by atoms with Crippen LogP contribution in [0.5, 0.6) is 0 Å². The summed E-state index contributed by atoms with van der Waals surface area (Å²) in [6.45, 7) is 2.75. The second kappa shape index (κ2) is 32.8. The number of benzene rings is 2. The van der Waals surface area contributed by atoms with Gasteiger partial charge in [-0.3, -0.25) is 19.2 Å². The molecule has 4 aromatic rings. The fourth-order valence-corrected chi connectivity index (χ4v) is 12.9. The predicted octanol–water partition coefficient (Wildman–Crippen LogP) is -1.84. The van der Waals surface area contributed by atoms with Crippen molar-refractivity contribution in [1.82, 2.24) is 16.0 Å². The van der Waals surface area contributed by atoms with E-state index in [0.717, 1.165) is 6.92 Å². The van der Waals surface area contributed by atoms with Crippen LogP contribution in [0.1, 0.15) is 90.2 Å². The summed E-state index contributed by atoms with van der Waals surface area (Å²) in [7, 11) is 0. The number of carbonyl (C=O) groups excluding carboxylic acids is 4. The molecule has 2 aliphatic carbocycles. The first-order valence-electron chi connectivity index (χ1n) is 31.8. The Labute approximate surface area is 543 Å². The summed E-state index contributed by atoms with van der Waals surface area (Å²) in [5, 5.41) is 119. The normalized spacial score (nSPS) is 34.7. The molecule has 3 aliphatic heterocycles. The van der Waals surface area contributed by atoms with Crippen molar-refractivity contribution < 1.29 is 127 Å². The first-order valence-corrected chi connectivity index (χ1v) is 31.8. The maximum absolute atomic E-state index is 14.6. The Morgan fingerprint density at radius 1 is 0.600 bits per heavy atom. The number of carboxylic acid groups (broad SMARTS) is 1. The highest BCUT2D eigenvalue weighted by atomic mass is 16.7. The lowest BCUT2D eigenvalue weighted by Gasteiger charge is -2.49. The smallest absolute Gasteiger partial charge is 0.341 e. The van der Waals surface area contributed by atoms with Gasteiger partial charge in [-0.2, -0.15) is 0 Å². The summed E-state index contributed by atoms with van der Waals surface area (Å²) in [6, 6.07) is 13.9. The Morgan fingerprint density at radius 3 is 1.76 bits per heavy atom. The summed E-state index contributed by atoms with van der Waals surface area (Å²) in [5.74, 6) is -5.77. The van der Waals surface area contributed by atoms with Gasteiger partial charge < -0.3 is 118 Å². The van der Waals surface area contributed by atoms with E-state index in [1.165, 1.54) is 19.9 Å². The number of fused-ring (bicyclic) bond motifs is 2. The Balaban J connectivity index is 0.919. The number of carbonyl (C=O) groups is 5. The number of Topliss-reactive ketones (excluding diaryl/α,β-unsaturated/α-hetero) is 1. The molecule has 524 valence electrons. The quantitative estimate of drug-likeness (QED) is 0.0231. The van der Waals surface area contributed by atoms with Gasteiger partial charge in [-0.1, -0.05) is 49.7 Å². The SMILES string of the molecule is CCC[C@H](OC1C(NC(C)=O)[C@H](O[C@@H]2CC(C(=O)CCCNC(=O)[C@H]3CC(OCc4cc5ccccc5oc4=O)C(O)[C@H](O[C@@H]4OC(CO)[C@H](O)C(OCc5cc6ccccc6oc5=O)[C@H]4O)C3)CC(NC(C)=O)[C@H]2O[C@@H]2OC(C)[C@@H](O)[C@H](O)C2O)O[C@@H](CO)[C@@H]1O)C(=O)O. The number of aliphatic hydroxyl groups is 9. The summed E-state index contributed by atoms with van der Waals surface area (Å²) < 4.78 is 65.8. The number of aliphatic hydroxyl groups excluding tert-OH is 9. The van der Waals surface area contributed by atoms with Gasteiger partial charge in [-0.05, 0) is 69.7 Å². The highest BCUT2D eigenvalue weighted by Gasteiger charge is 2.54. The van der Waals surface area contributed by atoms with Crippen LogP contribution >= 0.6 is 0 Å². The topological polar surface area (TPSA) is 467 Å². The molecule has 31 heteroatoms. The fourth-order valence-electron chi connectivity index (χ4n) is 12.9. The molecule has 5 fully saturated rings. The molecule has 9 rings (SSSR count). The molecule has 31 nitrogen and oxygen atoms in total. The second-order valence-electron chi connectivity index (χ2n) is 24.8. The number of amides is 3. The average molecular weight is 1340 g/mol. The number of hydrogen-bond acceptors (Lipinski definition) is 27. The molecular formula is C64H85N3O28. The van der Waals surface area contributed by atoms with E-state index in [-0.39, 0.29) is 62.6 Å². The molecule has 3 saturated heterocycles. The number of hydrogen-bond donors (Lipinski definition) is 13. The van der Waals surface area contributed by atoms with Gasteiger partial charge >= 0.3 is 17.2 Å². The van der Waals surface area contributed by atoms with E-state index < -0.39 is 214 Å². The predicted molar refractivity (Wildman–Crippen MR) is 324 cm³/mol. The minimum Gasteiger partial charge on any atom is -0.479 e. The third-order valence-electron chi connectivity index (χ3n) is 17.9. The van der Waals surface area contributed by atoms with E-state index in [4.69, 9.17) is 51.5 Å². The fraction of sp³-hybridized carbons (Fsp3) is 0.641. The molecule has 3 amide bonds. The molecular weight excluding hydrogens is 1260 g/mol. The number of para-hydroxylation sites is 2. The van der Waals surface area contributed by atoms with Crippen molar-refractivity contribution in [1.29, 1.82) is 0 Å². The molecule has 5 heterocycles. The van der Waals surface area contributed by atoms with E-state index in [2.05, 4.69) is 16.0 Å². The van der Waals surface area contributed by atoms with E-state index >= 15 is 0 Å². The van der Waals surface area contributed by atoms with Crippen LogP contribution in [0.15, 0.2) is 79.1 Å². The minimum atomic E-state index is -1.87. The van der Waals surface area contributed by atoms with Gasteiger partial charge in [-0.15, -0.1) is 0 Å². The molecule has 10 unspecified atom stereocenters. The van der Waals surface area contributed by atoms with E-state index in [0.29, 0.717) is 28.4 Å². The summed E-state index contributed by atoms with van der Waals surface area (Å²) in [6.07, 6.45) is -32.0. The number of ketones is 1. The van der Waals surface area contributed by atoms with Crippen LogP contribution in [0.3, 0.4) is 0 Å². The van der Waals surface area contributed by atoms with Crippen molar-refractivity contribution in [3.63, 3.8) is 0 Å². The number of ether oxygens (including phenoxy) is 9. The standard InChI is InChI=1S/C64H85N3O28/c1-5-11-41(59(81)82)88-56-47(67-30(4)71)62(93-45(24-68)50(56)75)92-44-21-33(20-37(66-29(3)70)55(44)95-63-53(78)52(77)48(73)28(2)87-63)38(72)14-10-17-65-58(80)34-22-42(85-26-35-18-31-12-6-8-15-39(31)89-60(35)83)49(74)43(23-34)91-64-54(79)57(51(76)46(25-69)94-64)86-27-36-19-32-13-7-9-16-40(32)90-61(36)84/h6-9,12-13,15-16,18-19,28,33-34,37,41-57,62-64,68-69,73-79H,5,10-11,14,17,20-27H2,1-4H3,(H,65,80)(H,66,70)(H,67,71)(H,81,82)/t28?,33?,34-,37?,41-,42?,43+,44+,45-,46?,47?,48+,49?,50-,51-,52-,53?,54+,55+,56?,57?,62+,63-,64+/m0/s1.